The first kappa shape index (κ1) is 22.0. The minimum absolute atomic E-state index is 0.278. The van der Waals surface area contributed by atoms with Crippen LogP contribution in [0.2, 0.25) is 0 Å². The molecule has 2 N–H and O–H groups in total. The molecule has 0 fully saturated rings. The van der Waals surface area contributed by atoms with Crippen molar-refractivity contribution in [3.05, 3.63) is 95.7 Å². The standard InChI is InChI=1S/C25H25N3O2S2/c1-18-7-11-22(12-8-18)32(29,30)28-16-14-21-10-9-20(17-24(21)28)13-15-26-25(31)27-23-6-4-3-5-19(23)2/h3-12,14,16-17H,13,15H2,1-2H3,(H2,26,27,31). The van der Waals surface area contributed by atoms with Crippen LogP contribution in [0.5, 0.6) is 0 Å². The molecule has 0 atom stereocenters. The van der Waals surface area contributed by atoms with E-state index >= 15 is 0 Å². The third-order valence-electron chi connectivity index (χ3n) is 5.39. The van der Waals surface area contributed by atoms with E-state index in [1.807, 2.05) is 74.5 Å². The van der Waals surface area contributed by atoms with Gasteiger partial charge in [0.15, 0.2) is 5.11 Å². The summed E-state index contributed by atoms with van der Waals surface area (Å²) in [6, 6.07) is 22.6. The van der Waals surface area contributed by atoms with Crippen molar-refractivity contribution < 1.29 is 8.42 Å². The second-order valence-corrected chi connectivity index (χ2v) is 9.99. The van der Waals surface area contributed by atoms with Crippen molar-refractivity contribution in [2.45, 2.75) is 25.2 Å². The Morgan fingerprint density at radius 3 is 2.47 bits per heavy atom. The Hall–Kier alpha value is -3.16. The van der Waals surface area contributed by atoms with Crippen molar-refractivity contribution in [3.8, 4) is 0 Å². The molecule has 4 rings (SSSR count). The summed E-state index contributed by atoms with van der Waals surface area (Å²) in [6.45, 7) is 4.60. The van der Waals surface area contributed by atoms with Crippen molar-refractivity contribution in [1.82, 2.24) is 9.29 Å². The number of hydrogen-bond donors (Lipinski definition) is 2. The lowest BCUT2D eigenvalue weighted by molar-refractivity contribution is 0.589. The average Bonchev–Trinajstić information content (AvgIpc) is 3.20. The molecule has 5 nitrogen and oxygen atoms in total. The summed E-state index contributed by atoms with van der Waals surface area (Å²) in [5.41, 5.74) is 4.82. The van der Waals surface area contributed by atoms with Crippen LogP contribution in [0.1, 0.15) is 16.7 Å². The Morgan fingerprint density at radius 2 is 1.72 bits per heavy atom. The molecular formula is C25H25N3O2S2. The van der Waals surface area contributed by atoms with Crippen LogP contribution in [-0.2, 0) is 16.4 Å². The lowest BCUT2D eigenvalue weighted by atomic mass is 10.1. The molecule has 0 aliphatic carbocycles. The zero-order valence-corrected chi connectivity index (χ0v) is 19.6. The lowest BCUT2D eigenvalue weighted by Crippen LogP contribution is -2.30. The number of rotatable bonds is 6. The number of para-hydroxylation sites is 1. The van der Waals surface area contributed by atoms with Crippen LogP contribution in [0.15, 0.2) is 83.9 Å². The van der Waals surface area contributed by atoms with E-state index in [4.69, 9.17) is 12.2 Å². The third kappa shape index (κ3) is 4.69. The van der Waals surface area contributed by atoms with Gasteiger partial charge in [0.05, 0.1) is 10.4 Å². The maximum absolute atomic E-state index is 13.2. The number of thiocarbonyl (C=S) groups is 1. The van der Waals surface area contributed by atoms with Crippen molar-refractivity contribution >= 4 is 43.9 Å². The molecule has 0 bridgehead atoms. The van der Waals surface area contributed by atoms with E-state index in [-0.39, 0.29) is 4.90 Å². The van der Waals surface area contributed by atoms with Crippen LogP contribution >= 0.6 is 12.2 Å². The largest absolute Gasteiger partial charge is 0.362 e. The Kier molecular flexibility index (Phi) is 6.30. The average molecular weight is 464 g/mol. The van der Waals surface area contributed by atoms with Gasteiger partial charge in [-0.3, -0.25) is 0 Å². The van der Waals surface area contributed by atoms with E-state index in [0.29, 0.717) is 23.6 Å². The first-order valence-corrected chi connectivity index (χ1v) is 12.2. The van der Waals surface area contributed by atoms with Gasteiger partial charge >= 0.3 is 0 Å². The van der Waals surface area contributed by atoms with E-state index in [1.54, 1.807) is 18.3 Å². The Morgan fingerprint density at radius 1 is 0.969 bits per heavy atom. The molecule has 0 radical (unpaired) electrons. The molecule has 4 aromatic rings. The van der Waals surface area contributed by atoms with Gasteiger partial charge < -0.3 is 10.6 Å². The van der Waals surface area contributed by atoms with Crippen molar-refractivity contribution in [2.24, 2.45) is 0 Å². The van der Waals surface area contributed by atoms with E-state index in [1.165, 1.54) is 3.97 Å². The molecule has 0 spiro atoms. The maximum Gasteiger partial charge on any atom is 0.268 e. The van der Waals surface area contributed by atoms with Crippen LogP contribution in [0.25, 0.3) is 10.9 Å². The fourth-order valence-corrected chi connectivity index (χ4v) is 5.10. The molecule has 32 heavy (non-hydrogen) atoms. The molecule has 0 unspecified atom stereocenters. The molecule has 0 aliphatic rings. The van der Waals surface area contributed by atoms with Gasteiger partial charge in [-0.05, 0) is 73.9 Å². The Bertz CT molecular complexity index is 1370. The van der Waals surface area contributed by atoms with Gasteiger partial charge in [-0.1, -0.05) is 48.0 Å². The summed E-state index contributed by atoms with van der Waals surface area (Å²) >= 11 is 5.40. The molecule has 7 heteroatoms. The van der Waals surface area contributed by atoms with Gasteiger partial charge in [0, 0.05) is 23.8 Å². The first-order valence-electron chi connectivity index (χ1n) is 10.4. The number of aryl methyl sites for hydroxylation is 2. The van der Waals surface area contributed by atoms with Gasteiger partial charge in [-0.15, -0.1) is 0 Å². The topological polar surface area (TPSA) is 63.1 Å². The summed E-state index contributed by atoms with van der Waals surface area (Å²) in [6.07, 6.45) is 2.32. The Labute approximate surface area is 194 Å². The third-order valence-corrected chi connectivity index (χ3v) is 7.34. The number of nitrogens with one attached hydrogen (secondary N) is 2. The normalized spacial score (nSPS) is 11.4. The predicted octanol–water partition coefficient (Wildman–Crippen LogP) is 5.02. The van der Waals surface area contributed by atoms with E-state index < -0.39 is 10.0 Å². The van der Waals surface area contributed by atoms with E-state index in [9.17, 15) is 8.42 Å². The lowest BCUT2D eigenvalue weighted by Gasteiger charge is -2.13. The molecule has 1 heterocycles. The highest BCUT2D eigenvalue weighted by molar-refractivity contribution is 7.90. The molecule has 1 aromatic heterocycles. The van der Waals surface area contributed by atoms with Crippen LogP contribution in [-0.4, -0.2) is 24.0 Å². The molecule has 0 saturated carbocycles. The number of benzene rings is 3. The van der Waals surface area contributed by atoms with E-state index in [0.717, 1.165) is 27.8 Å². The van der Waals surface area contributed by atoms with Crippen LogP contribution < -0.4 is 10.6 Å². The fraction of sp³-hybridized carbons (Fsp3) is 0.160. The molecule has 3 aromatic carbocycles. The number of hydrogen-bond acceptors (Lipinski definition) is 3. The number of fused-ring (bicyclic) bond motifs is 1. The first-order chi connectivity index (χ1) is 15.3. The highest BCUT2D eigenvalue weighted by Gasteiger charge is 2.18. The number of anilines is 1. The highest BCUT2D eigenvalue weighted by atomic mass is 32.2. The second kappa shape index (κ2) is 9.14. The summed E-state index contributed by atoms with van der Waals surface area (Å²) in [4.78, 5) is 0.278. The summed E-state index contributed by atoms with van der Waals surface area (Å²) in [5.74, 6) is 0. The summed E-state index contributed by atoms with van der Waals surface area (Å²) in [7, 11) is -3.66. The fourth-order valence-electron chi connectivity index (χ4n) is 3.54. The minimum Gasteiger partial charge on any atom is -0.362 e. The molecule has 0 aliphatic heterocycles. The summed E-state index contributed by atoms with van der Waals surface area (Å²) < 4.78 is 27.7. The van der Waals surface area contributed by atoms with Gasteiger partial charge in [0.25, 0.3) is 10.0 Å². The van der Waals surface area contributed by atoms with Gasteiger partial charge in [0.1, 0.15) is 0 Å². The molecular weight excluding hydrogens is 438 g/mol. The second-order valence-electron chi connectivity index (χ2n) is 7.77. The smallest absolute Gasteiger partial charge is 0.268 e. The van der Waals surface area contributed by atoms with Crippen LogP contribution in [0, 0.1) is 13.8 Å². The summed E-state index contributed by atoms with van der Waals surface area (Å²) in [5, 5.41) is 7.87. The number of aromatic nitrogens is 1. The Balaban J connectivity index is 1.47. The molecule has 164 valence electrons. The monoisotopic (exact) mass is 463 g/mol. The zero-order chi connectivity index (χ0) is 22.7. The van der Waals surface area contributed by atoms with Crippen LogP contribution in [0.4, 0.5) is 5.69 Å². The molecule has 0 amide bonds. The maximum atomic E-state index is 13.2. The quantitative estimate of drug-likeness (QED) is 0.393. The minimum atomic E-state index is -3.66. The van der Waals surface area contributed by atoms with Crippen LogP contribution in [0.3, 0.4) is 0 Å². The van der Waals surface area contributed by atoms with Gasteiger partial charge in [-0.2, -0.15) is 0 Å². The van der Waals surface area contributed by atoms with Gasteiger partial charge in [0.2, 0.25) is 0 Å². The zero-order valence-electron chi connectivity index (χ0n) is 18.0. The van der Waals surface area contributed by atoms with Crippen molar-refractivity contribution in [1.29, 1.82) is 0 Å². The highest BCUT2D eigenvalue weighted by Crippen LogP contribution is 2.24. The molecule has 0 saturated heterocycles. The van der Waals surface area contributed by atoms with Gasteiger partial charge in [-0.25, -0.2) is 12.4 Å². The van der Waals surface area contributed by atoms with Crippen molar-refractivity contribution in [3.63, 3.8) is 0 Å². The predicted molar refractivity (Wildman–Crippen MR) is 135 cm³/mol. The SMILES string of the molecule is Cc1ccc(S(=O)(=O)n2ccc3ccc(CCNC(=S)Nc4ccccc4C)cc32)cc1. The van der Waals surface area contributed by atoms with Crippen molar-refractivity contribution in [2.75, 3.05) is 11.9 Å². The van der Waals surface area contributed by atoms with E-state index in [2.05, 4.69) is 10.6 Å². The number of nitrogens with zero attached hydrogens (tertiary/aromatic N) is 1.